The first kappa shape index (κ1) is 12.8. The fourth-order valence-corrected chi connectivity index (χ4v) is 1.92. The normalized spacial score (nSPS) is 14.6. The Bertz CT molecular complexity index is 374. The van der Waals surface area contributed by atoms with Gasteiger partial charge in [-0.25, -0.2) is 0 Å². The molecule has 1 amide bonds. The van der Waals surface area contributed by atoms with Crippen LogP contribution in [0.15, 0.2) is 24.3 Å². The maximum absolute atomic E-state index is 11.4. The molecule has 0 aromatic heterocycles. The molecule has 1 aromatic rings. The van der Waals surface area contributed by atoms with E-state index in [4.69, 9.17) is 0 Å². The quantitative estimate of drug-likeness (QED) is 0.613. The molecule has 2 N–H and O–H groups in total. The minimum atomic E-state index is 0.169. The maximum Gasteiger partial charge on any atom is 0.221 e. The minimum absolute atomic E-state index is 0.169. The Hall–Kier alpha value is -0.620. The van der Waals surface area contributed by atoms with Crippen molar-refractivity contribution < 1.29 is 4.79 Å². The van der Waals surface area contributed by atoms with Gasteiger partial charge in [0.2, 0.25) is 5.91 Å². The Morgan fingerprint density at radius 2 is 2.00 bits per heavy atom. The van der Waals surface area contributed by atoms with Crippen molar-refractivity contribution in [3.63, 3.8) is 0 Å². The highest BCUT2D eigenvalue weighted by Gasteiger charge is 2.22. The van der Waals surface area contributed by atoms with Crippen molar-refractivity contribution in [1.29, 1.82) is 0 Å². The summed E-state index contributed by atoms with van der Waals surface area (Å²) in [5.41, 5.74) is 1.26. The molecular formula is C13H17IN2O. The highest BCUT2D eigenvalue weighted by atomic mass is 127. The number of halogens is 1. The second-order valence-electron chi connectivity index (χ2n) is 4.40. The zero-order valence-electron chi connectivity index (χ0n) is 9.71. The Kier molecular flexibility index (Phi) is 4.79. The molecule has 0 aliphatic heterocycles. The number of amides is 1. The summed E-state index contributed by atoms with van der Waals surface area (Å²) in [5, 5.41) is 6.26. The van der Waals surface area contributed by atoms with E-state index < -0.39 is 0 Å². The van der Waals surface area contributed by atoms with Crippen LogP contribution in [0, 0.1) is 3.57 Å². The van der Waals surface area contributed by atoms with Crippen molar-refractivity contribution in [2.24, 2.45) is 0 Å². The summed E-state index contributed by atoms with van der Waals surface area (Å²) < 4.78 is 1.25. The summed E-state index contributed by atoms with van der Waals surface area (Å²) in [6, 6.07) is 8.88. The summed E-state index contributed by atoms with van der Waals surface area (Å²) in [4.78, 5) is 11.4. The molecule has 1 aromatic carbocycles. The van der Waals surface area contributed by atoms with Crippen LogP contribution >= 0.6 is 22.6 Å². The summed E-state index contributed by atoms with van der Waals surface area (Å²) in [6.07, 6.45) is 2.88. The predicted octanol–water partition coefficient (Wildman–Crippen LogP) is 2.05. The summed E-state index contributed by atoms with van der Waals surface area (Å²) in [5.74, 6) is 0.169. The van der Waals surface area contributed by atoms with Gasteiger partial charge in [0.1, 0.15) is 0 Å². The largest absolute Gasteiger partial charge is 0.353 e. The van der Waals surface area contributed by atoms with Gasteiger partial charge >= 0.3 is 0 Å². The SMILES string of the molecule is O=C(CCNCc1ccc(I)cc1)NC1CC1. The van der Waals surface area contributed by atoms with E-state index in [9.17, 15) is 4.79 Å². The van der Waals surface area contributed by atoms with Gasteiger partial charge in [-0.05, 0) is 53.1 Å². The molecule has 0 unspecified atom stereocenters. The highest BCUT2D eigenvalue weighted by Crippen LogP contribution is 2.18. The first-order chi connectivity index (χ1) is 8.24. The molecule has 0 radical (unpaired) electrons. The second-order valence-corrected chi connectivity index (χ2v) is 5.64. The lowest BCUT2D eigenvalue weighted by atomic mass is 10.2. The van der Waals surface area contributed by atoms with E-state index >= 15 is 0 Å². The van der Waals surface area contributed by atoms with Crippen LogP contribution in [-0.4, -0.2) is 18.5 Å². The van der Waals surface area contributed by atoms with Crippen molar-refractivity contribution in [3.8, 4) is 0 Å². The molecule has 1 aliphatic rings. The topological polar surface area (TPSA) is 41.1 Å². The fourth-order valence-electron chi connectivity index (χ4n) is 1.56. The summed E-state index contributed by atoms with van der Waals surface area (Å²) in [7, 11) is 0. The van der Waals surface area contributed by atoms with E-state index in [2.05, 4.69) is 57.5 Å². The molecule has 4 heteroatoms. The number of hydrogen-bond acceptors (Lipinski definition) is 2. The van der Waals surface area contributed by atoms with Gasteiger partial charge in [-0.2, -0.15) is 0 Å². The van der Waals surface area contributed by atoms with Crippen molar-refractivity contribution >= 4 is 28.5 Å². The molecule has 3 nitrogen and oxygen atoms in total. The molecule has 1 saturated carbocycles. The van der Waals surface area contributed by atoms with Crippen molar-refractivity contribution in [3.05, 3.63) is 33.4 Å². The summed E-state index contributed by atoms with van der Waals surface area (Å²) in [6.45, 7) is 1.57. The van der Waals surface area contributed by atoms with Gasteiger partial charge in [0.25, 0.3) is 0 Å². The van der Waals surface area contributed by atoms with Crippen molar-refractivity contribution in [2.75, 3.05) is 6.54 Å². The van der Waals surface area contributed by atoms with Crippen LogP contribution in [0.25, 0.3) is 0 Å². The van der Waals surface area contributed by atoms with E-state index in [-0.39, 0.29) is 5.91 Å². The number of nitrogens with one attached hydrogen (secondary N) is 2. The molecule has 1 aliphatic carbocycles. The molecule has 0 bridgehead atoms. The number of hydrogen-bond donors (Lipinski definition) is 2. The lowest BCUT2D eigenvalue weighted by molar-refractivity contribution is -0.121. The van der Waals surface area contributed by atoms with Crippen LogP contribution in [0.4, 0.5) is 0 Å². The first-order valence-electron chi connectivity index (χ1n) is 5.98. The predicted molar refractivity (Wildman–Crippen MR) is 76.6 cm³/mol. The highest BCUT2D eigenvalue weighted by molar-refractivity contribution is 14.1. The van der Waals surface area contributed by atoms with E-state index in [1.54, 1.807) is 0 Å². The van der Waals surface area contributed by atoms with Crippen LogP contribution < -0.4 is 10.6 Å². The Labute approximate surface area is 116 Å². The van der Waals surface area contributed by atoms with Gasteiger partial charge in [0, 0.05) is 29.1 Å². The van der Waals surface area contributed by atoms with Gasteiger partial charge in [-0.1, -0.05) is 12.1 Å². The van der Waals surface area contributed by atoms with Crippen molar-refractivity contribution in [2.45, 2.75) is 31.8 Å². The third-order valence-electron chi connectivity index (χ3n) is 2.71. The fraction of sp³-hybridized carbons (Fsp3) is 0.462. The maximum atomic E-state index is 11.4. The first-order valence-corrected chi connectivity index (χ1v) is 7.06. The van der Waals surface area contributed by atoms with E-state index in [0.29, 0.717) is 12.5 Å². The number of carbonyl (C=O) groups excluding carboxylic acids is 1. The lowest BCUT2D eigenvalue weighted by Gasteiger charge is -2.05. The Balaban J connectivity index is 1.59. The van der Waals surface area contributed by atoms with Crippen LogP contribution in [0.5, 0.6) is 0 Å². The number of rotatable bonds is 6. The van der Waals surface area contributed by atoms with Crippen LogP contribution in [-0.2, 0) is 11.3 Å². The van der Waals surface area contributed by atoms with Gasteiger partial charge in [0.15, 0.2) is 0 Å². The van der Waals surface area contributed by atoms with Gasteiger partial charge in [0.05, 0.1) is 0 Å². The number of carbonyl (C=O) groups is 1. The van der Waals surface area contributed by atoms with Crippen LogP contribution in [0.1, 0.15) is 24.8 Å². The van der Waals surface area contributed by atoms with E-state index in [0.717, 1.165) is 25.9 Å². The molecule has 92 valence electrons. The Morgan fingerprint density at radius 1 is 1.29 bits per heavy atom. The van der Waals surface area contributed by atoms with E-state index in [1.165, 1.54) is 9.13 Å². The van der Waals surface area contributed by atoms with Crippen molar-refractivity contribution in [1.82, 2.24) is 10.6 Å². The molecule has 17 heavy (non-hydrogen) atoms. The molecule has 2 rings (SSSR count). The standard InChI is InChI=1S/C13H17IN2O/c14-11-3-1-10(2-4-11)9-15-8-7-13(17)16-12-5-6-12/h1-4,12,15H,5-9H2,(H,16,17). The van der Waals surface area contributed by atoms with Crippen LogP contribution in [0.2, 0.25) is 0 Å². The molecule has 0 heterocycles. The third-order valence-corrected chi connectivity index (χ3v) is 3.43. The average Bonchev–Trinajstić information content (AvgIpc) is 3.11. The molecule has 1 fully saturated rings. The van der Waals surface area contributed by atoms with Crippen LogP contribution in [0.3, 0.4) is 0 Å². The zero-order valence-corrected chi connectivity index (χ0v) is 11.9. The average molecular weight is 344 g/mol. The minimum Gasteiger partial charge on any atom is -0.353 e. The smallest absolute Gasteiger partial charge is 0.221 e. The molecule has 0 atom stereocenters. The lowest BCUT2D eigenvalue weighted by Crippen LogP contribution is -2.28. The zero-order chi connectivity index (χ0) is 12.1. The number of benzene rings is 1. The second kappa shape index (κ2) is 6.35. The molecule has 0 saturated heterocycles. The Morgan fingerprint density at radius 3 is 2.65 bits per heavy atom. The summed E-state index contributed by atoms with van der Waals surface area (Å²) >= 11 is 2.29. The van der Waals surface area contributed by atoms with Gasteiger partial charge in [-0.3, -0.25) is 4.79 Å². The third kappa shape index (κ3) is 5.04. The monoisotopic (exact) mass is 344 g/mol. The molecule has 0 spiro atoms. The van der Waals surface area contributed by atoms with Gasteiger partial charge in [-0.15, -0.1) is 0 Å². The molecular weight excluding hydrogens is 327 g/mol. The van der Waals surface area contributed by atoms with Gasteiger partial charge < -0.3 is 10.6 Å². The van der Waals surface area contributed by atoms with E-state index in [1.807, 2.05) is 0 Å².